The second-order valence-corrected chi connectivity index (χ2v) is 0. The van der Waals surface area contributed by atoms with E-state index in [0.29, 0.717) is 40.9 Å². The molecular formula is HAlCeLaO4Zr. The molecule has 0 aromatic heterocycles. The van der Waals surface area contributed by atoms with E-state index < -0.39 is 0 Å². The summed E-state index contributed by atoms with van der Waals surface area (Å²) in [5.74, 6) is 0. The first kappa shape index (κ1) is 22.5. The van der Waals surface area contributed by atoms with Crippen LogP contribution >= 0.6 is 0 Å². The first-order valence-electron chi connectivity index (χ1n) is 0.933. The zero-order valence-corrected chi connectivity index (χ0v) is 14.6. The van der Waals surface area contributed by atoms with Crippen LogP contribution in [0, 0.1) is 73.6 Å². The van der Waals surface area contributed by atoms with Crippen LogP contribution in [0.15, 0.2) is 0 Å². The van der Waals surface area contributed by atoms with E-state index in [1.54, 1.807) is 0 Å². The Labute approximate surface area is 120 Å². The van der Waals surface area contributed by atoms with Crippen LogP contribution in [0.5, 0.6) is 0 Å². The van der Waals surface area contributed by atoms with E-state index in [-0.39, 0.29) is 73.6 Å². The van der Waals surface area contributed by atoms with Crippen molar-refractivity contribution in [3.05, 3.63) is 0 Å². The van der Waals surface area contributed by atoms with Gasteiger partial charge in [-0.3, -0.25) is 0 Å². The van der Waals surface area contributed by atoms with Crippen molar-refractivity contribution < 1.29 is 108 Å². The van der Waals surface area contributed by atoms with Gasteiger partial charge in [0.1, 0.15) is 0 Å². The molecule has 0 saturated carbocycles. The van der Waals surface area contributed by atoms with E-state index in [1.807, 2.05) is 0 Å². The zero-order valence-electron chi connectivity index (χ0n) is 3.92. The summed E-state index contributed by atoms with van der Waals surface area (Å²) in [6, 6.07) is 0. The first-order valence-corrected chi connectivity index (χ1v) is 5.28. The number of rotatable bonds is 0. The Morgan fingerprint density at radius 1 is 1.12 bits per heavy atom. The van der Waals surface area contributed by atoms with Crippen molar-refractivity contribution in [3.63, 3.8) is 0 Å². The average molecular weight is 462 g/mol. The van der Waals surface area contributed by atoms with Gasteiger partial charge in [0.25, 0.3) is 0 Å². The molecule has 0 rings (SSSR count). The summed E-state index contributed by atoms with van der Waals surface area (Å²) >= 11 is 0.883. The van der Waals surface area contributed by atoms with Crippen LogP contribution < -0.4 is 0 Å². The summed E-state index contributed by atoms with van der Waals surface area (Å²) in [4.78, 5) is 0. The van der Waals surface area contributed by atoms with Gasteiger partial charge in [0.05, 0.1) is 0 Å². The third-order valence-electron chi connectivity index (χ3n) is 0. The molecule has 0 aliphatic heterocycles. The number of hydrogen-bond donors (Lipinski definition) is 0. The molecule has 0 N–H and O–H groups in total. The molecule has 39 valence electrons. The van der Waals surface area contributed by atoms with Crippen molar-refractivity contribution in [3.8, 4) is 0 Å². The SMILES string of the molecule is [O]=[AlH].[O]=[Ce].[O]=[La].[O]=[Zr]. The van der Waals surface area contributed by atoms with Crippen LogP contribution in [-0.2, 0) is 34.0 Å². The Kier molecular flexibility index (Phi) is 238. The Hall–Kier alpha value is 3.19. The van der Waals surface area contributed by atoms with Gasteiger partial charge in [0, 0.05) is 0 Å². The van der Waals surface area contributed by atoms with Crippen molar-refractivity contribution in [2.75, 3.05) is 0 Å². The summed E-state index contributed by atoms with van der Waals surface area (Å²) in [5, 5.41) is 0. The van der Waals surface area contributed by atoms with Gasteiger partial charge >= 0.3 is 124 Å². The summed E-state index contributed by atoms with van der Waals surface area (Å²) in [7, 11) is 0. The van der Waals surface area contributed by atoms with Crippen molar-refractivity contribution >= 4 is 16.2 Å². The molecule has 0 heterocycles. The van der Waals surface area contributed by atoms with Crippen LogP contribution in [0.4, 0.5) is 0 Å². The second-order valence-electron chi connectivity index (χ2n) is 0. The summed E-state index contributed by atoms with van der Waals surface area (Å²) in [6.07, 6.45) is 0. The van der Waals surface area contributed by atoms with Crippen LogP contribution in [0.1, 0.15) is 0 Å². The predicted octanol–water partition coefficient (Wildman–Crippen LogP) is -1.13. The topological polar surface area (TPSA) is 68.3 Å². The molecule has 0 fully saturated rings. The number of hydrogen-bond acceptors (Lipinski definition) is 4. The molecule has 0 aliphatic rings. The maximum absolute atomic E-state index is 8.42. The minimum absolute atomic E-state index is 0.0556. The van der Waals surface area contributed by atoms with E-state index >= 15 is 0 Å². The van der Waals surface area contributed by atoms with Gasteiger partial charge in [0.2, 0.25) is 0 Å². The molecular weight excluding hydrogens is 461 g/mol. The quantitative estimate of drug-likeness (QED) is 0.428. The Morgan fingerprint density at radius 3 is 1.12 bits per heavy atom. The van der Waals surface area contributed by atoms with E-state index in [9.17, 15) is 0 Å². The van der Waals surface area contributed by atoms with Crippen LogP contribution in [0.2, 0.25) is 0 Å². The van der Waals surface area contributed by atoms with Gasteiger partial charge in [-0.1, -0.05) is 0 Å². The summed E-state index contributed by atoms with van der Waals surface area (Å²) < 4.78 is 33.4. The van der Waals surface area contributed by atoms with Crippen molar-refractivity contribution in [1.29, 1.82) is 0 Å². The minimum atomic E-state index is -0.0833. The fraction of sp³-hybridized carbons (Fsp3) is 0. The molecule has 0 aromatic rings. The van der Waals surface area contributed by atoms with E-state index in [2.05, 4.69) is 0 Å². The maximum atomic E-state index is 8.42. The van der Waals surface area contributed by atoms with Gasteiger partial charge in [0.15, 0.2) is 0 Å². The molecule has 0 atom stereocenters. The fourth-order valence-electron chi connectivity index (χ4n) is 0. The molecule has 0 spiro atoms. The molecule has 0 aromatic carbocycles. The Morgan fingerprint density at radius 2 is 1.12 bits per heavy atom. The Balaban J connectivity index is -0.0000000133. The second kappa shape index (κ2) is 84.7. The van der Waals surface area contributed by atoms with Crippen LogP contribution in [0.25, 0.3) is 0 Å². The molecule has 0 radical (unpaired) electrons. The monoisotopic (exact) mass is 461 g/mol. The third-order valence-corrected chi connectivity index (χ3v) is 0. The van der Waals surface area contributed by atoms with E-state index in [4.69, 9.17) is 9.25 Å². The zero-order chi connectivity index (χ0) is 8.00. The molecule has 0 bridgehead atoms. The van der Waals surface area contributed by atoms with Crippen LogP contribution in [0.3, 0.4) is 0 Å². The van der Waals surface area contributed by atoms with Gasteiger partial charge in [-0.05, 0) is 0 Å². The molecule has 0 aliphatic carbocycles. The molecule has 4 nitrogen and oxygen atoms in total. The van der Waals surface area contributed by atoms with E-state index in [1.165, 1.54) is 0 Å². The molecule has 8 heavy (non-hydrogen) atoms. The van der Waals surface area contributed by atoms with Gasteiger partial charge in [-0.25, -0.2) is 0 Å². The van der Waals surface area contributed by atoms with Crippen LogP contribution in [-0.4, -0.2) is 16.2 Å². The van der Waals surface area contributed by atoms with Gasteiger partial charge < -0.3 is 0 Å². The summed E-state index contributed by atoms with van der Waals surface area (Å²) in [6.45, 7) is 0. The normalized spacial score (nSPS) is 1.88. The fourth-order valence-corrected chi connectivity index (χ4v) is 0. The van der Waals surface area contributed by atoms with Crippen molar-refractivity contribution in [2.45, 2.75) is 0 Å². The van der Waals surface area contributed by atoms with Gasteiger partial charge in [-0.15, -0.1) is 0 Å². The standard InChI is InChI=1S/Al.Ce.La.4O.Zr.H. The molecule has 8 heteroatoms. The third kappa shape index (κ3) is 60.6. The van der Waals surface area contributed by atoms with E-state index in [0.717, 1.165) is 0 Å². The Bertz CT molecular complexity index is 24.0. The van der Waals surface area contributed by atoms with Gasteiger partial charge in [-0.2, -0.15) is 0 Å². The summed E-state index contributed by atoms with van der Waals surface area (Å²) in [5.41, 5.74) is 0. The molecule has 0 saturated heterocycles. The molecule has 0 amide bonds. The molecule has 0 unspecified atom stereocenters. The predicted molar refractivity (Wildman–Crippen MR) is 9.89 cm³/mol. The first-order chi connectivity index (χ1) is 4.00. The average Bonchev–Trinajstić information content (AvgIpc) is 2.03. The van der Waals surface area contributed by atoms with Crippen molar-refractivity contribution in [2.24, 2.45) is 0 Å². The van der Waals surface area contributed by atoms with Crippen molar-refractivity contribution in [1.82, 2.24) is 0 Å².